The van der Waals surface area contributed by atoms with E-state index in [4.69, 9.17) is 4.74 Å². The average Bonchev–Trinajstić information content (AvgIpc) is 2.90. The molecule has 1 N–H and O–H groups in total. The lowest BCUT2D eigenvalue weighted by molar-refractivity contribution is 0.413. The average molecular weight is 265 g/mol. The Bertz CT molecular complexity index is 363. The molecule has 1 aliphatic carbocycles. The van der Waals surface area contributed by atoms with Crippen molar-refractivity contribution in [1.82, 2.24) is 5.32 Å². The molecule has 0 radical (unpaired) electrons. The highest BCUT2D eigenvalue weighted by molar-refractivity contribution is 8.00. The van der Waals surface area contributed by atoms with Crippen molar-refractivity contribution in [3.63, 3.8) is 0 Å². The number of ether oxygens (including phenoxy) is 1. The van der Waals surface area contributed by atoms with Crippen LogP contribution in [0.5, 0.6) is 5.75 Å². The molecule has 0 heterocycles. The SMILES string of the molecule is COc1cccc(SC(C)CNC2CCCC2)c1. The maximum Gasteiger partial charge on any atom is 0.119 e. The quantitative estimate of drug-likeness (QED) is 0.792. The second-order valence-electron chi connectivity index (χ2n) is 5.00. The van der Waals surface area contributed by atoms with Gasteiger partial charge in [0.2, 0.25) is 0 Å². The van der Waals surface area contributed by atoms with Gasteiger partial charge in [-0.2, -0.15) is 0 Å². The van der Waals surface area contributed by atoms with Crippen LogP contribution in [0.2, 0.25) is 0 Å². The normalized spacial score (nSPS) is 17.9. The maximum absolute atomic E-state index is 5.25. The van der Waals surface area contributed by atoms with Crippen LogP contribution in [-0.2, 0) is 0 Å². The monoisotopic (exact) mass is 265 g/mol. The number of nitrogens with one attached hydrogen (secondary N) is 1. The molecule has 1 fully saturated rings. The van der Waals surface area contributed by atoms with Crippen LogP contribution >= 0.6 is 11.8 Å². The van der Waals surface area contributed by atoms with E-state index >= 15 is 0 Å². The third-order valence-electron chi connectivity index (χ3n) is 3.43. The van der Waals surface area contributed by atoms with Crippen LogP contribution in [0.25, 0.3) is 0 Å². The van der Waals surface area contributed by atoms with Crippen LogP contribution in [0, 0.1) is 0 Å². The Balaban J connectivity index is 1.76. The van der Waals surface area contributed by atoms with Crippen LogP contribution in [-0.4, -0.2) is 24.9 Å². The highest BCUT2D eigenvalue weighted by Crippen LogP contribution is 2.26. The topological polar surface area (TPSA) is 21.3 Å². The molecule has 0 spiro atoms. The fraction of sp³-hybridized carbons (Fsp3) is 0.600. The lowest BCUT2D eigenvalue weighted by atomic mass is 10.2. The Kier molecular flexibility index (Phi) is 5.39. The Morgan fingerprint density at radius 1 is 1.39 bits per heavy atom. The van der Waals surface area contributed by atoms with Gasteiger partial charge in [-0.25, -0.2) is 0 Å². The van der Waals surface area contributed by atoms with E-state index in [9.17, 15) is 0 Å². The van der Waals surface area contributed by atoms with Gasteiger partial charge in [0.05, 0.1) is 7.11 Å². The smallest absolute Gasteiger partial charge is 0.119 e. The summed E-state index contributed by atoms with van der Waals surface area (Å²) in [4.78, 5) is 1.29. The highest BCUT2D eigenvalue weighted by Gasteiger charge is 2.15. The number of benzene rings is 1. The van der Waals surface area contributed by atoms with Crippen LogP contribution < -0.4 is 10.1 Å². The van der Waals surface area contributed by atoms with E-state index in [0.717, 1.165) is 18.3 Å². The molecular weight excluding hydrogens is 242 g/mol. The zero-order chi connectivity index (χ0) is 12.8. The van der Waals surface area contributed by atoms with Gasteiger partial charge in [0, 0.05) is 22.7 Å². The van der Waals surface area contributed by atoms with Gasteiger partial charge in [-0.05, 0) is 31.0 Å². The van der Waals surface area contributed by atoms with Crippen LogP contribution in [0.1, 0.15) is 32.6 Å². The van der Waals surface area contributed by atoms with Crippen LogP contribution in [0.4, 0.5) is 0 Å². The molecule has 2 rings (SSSR count). The number of thioether (sulfide) groups is 1. The summed E-state index contributed by atoms with van der Waals surface area (Å²) < 4.78 is 5.25. The molecule has 0 aliphatic heterocycles. The first-order valence-electron chi connectivity index (χ1n) is 6.82. The van der Waals surface area contributed by atoms with Crippen molar-refractivity contribution in [2.45, 2.75) is 48.8 Å². The minimum Gasteiger partial charge on any atom is -0.497 e. The van der Waals surface area contributed by atoms with Gasteiger partial charge in [0.15, 0.2) is 0 Å². The molecule has 1 aromatic carbocycles. The Morgan fingerprint density at radius 2 is 2.17 bits per heavy atom. The van der Waals surface area contributed by atoms with Crippen molar-refractivity contribution in [2.75, 3.05) is 13.7 Å². The predicted octanol–water partition coefficient (Wildman–Crippen LogP) is 3.71. The Morgan fingerprint density at radius 3 is 2.89 bits per heavy atom. The van der Waals surface area contributed by atoms with Crippen LogP contribution in [0.15, 0.2) is 29.2 Å². The zero-order valence-corrected chi connectivity index (χ0v) is 12.1. The molecule has 100 valence electrons. The summed E-state index contributed by atoms with van der Waals surface area (Å²) in [5.41, 5.74) is 0. The van der Waals surface area contributed by atoms with Gasteiger partial charge in [-0.3, -0.25) is 0 Å². The van der Waals surface area contributed by atoms with Gasteiger partial charge < -0.3 is 10.1 Å². The third-order valence-corrected chi connectivity index (χ3v) is 4.52. The third kappa shape index (κ3) is 4.21. The van der Waals surface area contributed by atoms with E-state index in [0.29, 0.717) is 5.25 Å². The summed E-state index contributed by atoms with van der Waals surface area (Å²) in [5.74, 6) is 0.941. The first kappa shape index (κ1) is 13.8. The molecule has 18 heavy (non-hydrogen) atoms. The van der Waals surface area contributed by atoms with Crippen molar-refractivity contribution in [1.29, 1.82) is 0 Å². The van der Waals surface area contributed by atoms with Crippen molar-refractivity contribution in [3.05, 3.63) is 24.3 Å². The largest absolute Gasteiger partial charge is 0.497 e. The van der Waals surface area contributed by atoms with E-state index < -0.39 is 0 Å². The first-order valence-corrected chi connectivity index (χ1v) is 7.70. The van der Waals surface area contributed by atoms with Crippen LogP contribution in [0.3, 0.4) is 0 Å². The molecule has 1 atom stereocenters. The highest BCUT2D eigenvalue weighted by atomic mass is 32.2. The number of methoxy groups -OCH3 is 1. The van der Waals surface area contributed by atoms with E-state index in [-0.39, 0.29) is 0 Å². The molecule has 0 bridgehead atoms. The molecule has 1 aliphatic rings. The summed E-state index contributed by atoms with van der Waals surface area (Å²) in [6.07, 6.45) is 5.51. The van der Waals surface area contributed by atoms with Gasteiger partial charge in [-0.1, -0.05) is 25.8 Å². The van der Waals surface area contributed by atoms with E-state index in [1.54, 1.807) is 7.11 Å². The Hall–Kier alpha value is -0.670. The fourth-order valence-corrected chi connectivity index (χ4v) is 3.40. The fourth-order valence-electron chi connectivity index (χ4n) is 2.41. The molecule has 0 amide bonds. The van der Waals surface area contributed by atoms with Gasteiger partial charge in [0.25, 0.3) is 0 Å². The lowest BCUT2D eigenvalue weighted by Crippen LogP contribution is -2.31. The predicted molar refractivity (Wildman–Crippen MR) is 78.6 cm³/mol. The summed E-state index contributed by atoms with van der Waals surface area (Å²) in [7, 11) is 1.72. The summed E-state index contributed by atoms with van der Waals surface area (Å²) in [6, 6.07) is 9.07. The summed E-state index contributed by atoms with van der Waals surface area (Å²) >= 11 is 1.91. The lowest BCUT2D eigenvalue weighted by Gasteiger charge is -2.16. The van der Waals surface area contributed by atoms with Crippen molar-refractivity contribution in [3.8, 4) is 5.75 Å². The summed E-state index contributed by atoms with van der Waals surface area (Å²) in [5, 5.41) is 4.27. The number of hydrogen-bond donors (Lipinski definition) is 1. The zero-order valence-electron chi connectivity index (χ0n) is 11.3. The molecule has 0 saturated heterocycles. The van der Waals surface area contributed by atoms with E-state index in [1.165, 1.54) is 30.6 Å². The van der Waals surface area contributed by atoms with E-state index in [2.05, 4.69) is 30.4 Å². The van der Waals surface area contributed by atoms with E-state index in [1.807, 2.05) is 17.8 Å². The molecule has 3 heteroatoms. The number of rotatable bonds is 6. The number of hydrogen-bond acceptors (Lipinski definition) is 3. The van der Waals surface area contributed by atoms with Gasteiger partial charge >= 0.3 is 0 Å². The molecule has 1 aromatic rings. The van der Waals surface area contributed by atoms with Gasteiger partial charge in [0.1, 0.15) is 5.75 Å². The minimum absolute atomic E-state index is 0.595. The van der Waals surface area contributed by atoms with Crippen molar-refractivity contribution in [2.24, 2.45) is 0 Å². The molecule has 2 nitrogen and oxygen atoms in total. The molecule has 1 saturated carbocycles. The molecular formula is C15H23NOS. The molecule has 0 aromatic heterocycles. The van der Waals surface area contributed by atoms with Crippen molar-refractivity contribution < 1.29 is 4.74 Å². The second kappa shape index (κ2) is 7.05. The molecule has 1 unspecified atom stereocenters. The second-order valence-corrected chi connectivity index (χ2v) is 6.51. The Labute approximate surface area is 114 Å². The minimum atomic E-state index is 0.595. The first-order chi connectivity index (χ1) is 8.78. The van der Waals surface area contributed by atoms with Crippen molar-refractivity contribution >= 4 is 11.8 Å². The standard InChI is InChI=1S/C15H23NOS/c1-12(11-16-13-6-3-4-7-13)18-15-9-5-8-14(10-15)17-2/h5,8-10,12-13,16H,3-4,6-7,11H2,1-2H3. The summed E-state index contributed by atoms with van der Waals surface area (Å²) in [6.45, 7) is 3.37. The van der Waals surface area contributed by atoms with Gasteiger partial charge in [-0.15, -0.1) is 11.8 Å². The maximum atomic E-state index is 5.25.